The minimum Gasteiger partial charge on any atom is -0.313 e. The molecule has 0 aromatic rings. The van der Waals surface area contributed by atoms with Gasteiger partial charge in [0.1, 0.15) is 0 Å². The lowest BCUT2D eigenvalue weighted by molar-refractivity contribution is 0.0832. The Kier molecular flexibility index (Phi) is 5.94. The average Bonchev–Trinajstić information content (AvgIpc) is 2.61. The van der Waals surface area contributed by atoms with E-state index < -0.39 is 0 Å². The van der Waals surface area contributed by atoms with E-state index in [2.05, 4.69) is 44.8 Å². The first-order chi connectivity index (χ1) is 8.06. The Morgan fingerprint density at radius 2 is 1.94 bits per heavy atom. The van der Waals surface area contributed by atoms with Crippen molar-refractivity contribution in [2.75, 3.05) is 13.1 Å². The third-order valence-electron chi connectivity index (χ3n) is 4.31. The van der Waals surface area contributed by atoms with E-state index in [1.807, 2.05) is 0 Å². The molecule has 1 aliphatic rings. The van der Waals surface area contributed by atoms with Crippen LogP contribution < -0.4 is 5.32 Å². The fraction of sp³-hybridized carbons (Fsp3) is 1.00. The zero-order chi connectivity index (χ0) is 12.9. The van der Waals surface area contributed by atoms with Crippen LogP contribution in [-0.2, 0) is 0 Å². The van der Waals surface area contributed by atoms with E-state index in [1.54, 1.807) is 0 Å². The Bertz CT molecular complexity index is 207. The van der Waals surface area contributed by atoms with E-state index in [1.165, 1.54) is 38.6 Å². The molecule has 0 saturated carbocycles. The molecule has 0 spiro atoms. The summed E-state index contributed by atoms with van der Waals surface area (Å²) in [6.45, 7) is 14.1. The maximum absolute atomic E-state index is 3.71. The first kappa shape index (κ1) is 15.0. The van der Waals surface area contributed by atoms with E-state index in [4.69, 9.17) is 0 Å². The van der Waals surface area contributed by atoms with Crippen LogP contribution >= 0.6 is 0 Å². The van der Waals surface area contributed by atoms with Gasteiger partial charge in [0.15, 0.2) is 0 Å². The van der Waals surface area contributed by atoms with Crippen molar-refractivity contribution in [1.29, 1.82) is 0 Å². The molecule has 1 heterocycles. The molecule has 17 heavy (non-hydrogen) atoms. The molecule has 0 aromatic carbocycles. The maximum atomic E-state index is 3.71. The lowest BCUT2D eigenvalue weighted by Crippen LogP contribution is -2.54. The third-order valence-corrected chi connectivity index (χ3v) is 4.31. The molecule has 102 valence electrons. The molecule has 1 saturated heterocycles. The molecule has 1 fully saturated rings. The van der Waals surface area contributed by atoms with E-state index in [0.29, 0.717) is 17.6 Å². The molecule has 1 rings (SSSR count). The number of rotatable bonds is 7. The zero-order valence-electron chi connectivity index (χ0n) is 12.6. The summed E-state index contributed by atoms with van der Waals surface area (Å²) >= 11 is 0. The van der Waals surface area contributed by atoms with Crippen LogP contribution in [0.3, 0.4) is 0 Å². The summed E-state index contributed by atoms with van der Waals surface area (Å²) in [4.78, 5) is 2.76. The van der Waals surface area contributed by atoms with E-state index >= 15 is 0 Å². The Morgan fingerprint density at radius 3 is 2.35 bits per heavy atom. The van der Waals surface area contributed by atoms with Crippen molar-refractivity contribution in [3.8, 4) is 0 Å². The summed E-state index contributed by atoms with van der Waals surface area (Å²) in [5, 5.41) is 3.71. The first-order valence-corrected chi connectivity index (χ1v) is 7.56. The van der Waals surface area contributed by atoms with Crippen LogP contribution in [-0.4, -0.2) is 35.6 Å². The quantitative estimate of drug-likeness (QED) is 0.733. The van der Waals surface area contributed by atoms with Gasteiger partial charge in [0.25, 0.3) is 0 Å². The van der Waals surface area contributed by atoms with Crippen LogP contribution in [0.5, 0.6) is 0 Å². The summed E-state index contributed by atoms with van der Waals surface area (Å²) in [6.07, 6.45) is 6.57. The molecule has 2 nitrogen and oxygen atoms in total. The van der Waals surface area contributed by atoms with Gasteiger partial charge in [-0.25, -0.2) is 0 Å². The molecule has 2 atom stereocenters. The predicted octanol–water partition coefficient (Wildman–Crippen LogP) is 3.42. The molecule has 0 amide bonds. The normalized spacial score (nSPS) is 23.8. The molecule has 2 unspecified atom stereocenters. The fourth-order valence-electron chi connectivity index (χ4n) is 3.47. The van der Waals surface area contributed by atoms with Gasteiger partial charge in [0.2, 0.25) is 0 Å². The van der Waals surface area contributed by atoms with E-state index in [9.17, 15) is 0 Å². The van der Waals surface area contributed by atoms with Gasteiger partial charge in [-0.15, -0.1) is 0 Å². The van der Waals surface area contributed by atoms with Crippen LogP contribution in [0, 0.1) is 0 Å². The van der Waals surface area contributed by atoms with Crippen LogP contribution in [0.25, 0.3) is 0 Å². The lowest BCUT2D eigenvalue weighted by atomic mass is 9.94. The standard InChI is InChI=1S/C15H32N2/c1-6-10-13(16-8-3)14(7-2)17-12-9-11-15(17,4)5/h13-14,16H,6-12H2,1-5H3. The van der Waals surface area contributed by atoms with Crippen LogP contribution in [0.2, 0.25) is 0 Å². The van der Waals surface area contributed by atoms with Crippen molar-refractivity contribution in [3.63, 3.8) is 0 Å². The van der Waals surface area contributed by atoms with Crippen LogP contribution in [0.4, 0.5) is 0 Å². The molecule has 0 aliphatic carbocycles. The largest absolute Gasteiger partial charge is 0.313 e. The van der Waals surface area contributed by atoms with Gasteiger partial charge in [-0.05, 0) is 52.6 Å². The number of hydrogen-bond donors (Lipinski definition) is 1. The van der Waals surface area contributed by atoms with Gasteiger partial charge >= 0.3 is 0 Å². The summed E-state index contributed by atoms with van der Waals surface area (Å²) in [5.74, 6) is 0. The number of likely N-dealkylation sites (N-methyl/N-ethyl adjacent to an activating group) is 1. The topological polar surface area (TPSA) is 15.3 Å². The Labute approximate surface area is 108 Å². The average molecular weight is 240 g/mol. The molecule has 0 bridgehead atoms. The monoisotopic (exact) mass is 240 g/mol. The molecule has 0 aromatic heterocycles. The minimum atomic E-state index is 0.405. The van der Waals surface area contributed by atoms with Crippen molar-refractivity contribution in [3.05, 3.63) is 0 Å². The van der Waals surface area contributed by atoms with Crippen molar-refractivity contribution in [2.24, 2.45) is 0 Å². The smallest absolute Gasteiger partial charge is 0.0252 e. The van der Waals surface area contributed by atoms with Crippen molar-refractivity contribution in [2.45, 2.75) is 84.3 Å². The summed E-state index contributed by atoms with van der Waals surface area (Å²) < 4.78 is 0. The van der Waals surface area contributed by atoms with Gasteiger partial charge in [-0.3, -0.25) is 4.90 Å². The first-order valence-electron chi connectivity index (χ1n) is 7.56. The maximum Gasteiger partial charge on any atom is 0.0252 e. The third kappa shape index (κ3) is 3.69. The second-order valence-corrected chi connectivity index (χ2v) is 6.04. The Balaban J connectivity index is 2.73. The van der Waals surface area contributed by atoms with Crippen LogP contribution in [0.15, 0.2) is 0 Å². The van der Waals surface area contributed by atoms with Gasteiger partial charge in [0.05, 0.1) is 0 Å². The minimum absolute atomic E-state index is 0.405. The predicted molar refractivity (Wildman–Crippen MR) is 76.5 cm³/mol. The molecule has 1 N–H and O–H groups in total. The highest BCUT2D eigenvalue weighted by Crippen LogP contribution is 2.32. The Morgan fingerprint density at radius 1 is 1.24 bits per heavy atom. The Hall–Kier alpha value is -0.0800. The van der Waals surface area contributed by atoms with Crippen LogP contribution in [0.1, 0.15) is 66.7 Å². The van der Waals surface area contributed by atoms with Gasteiger partial charge in [0, 0.05) is 17.6 Å². The molecular weight excluding hydrogens is 208 g/mol. The summed E-state index contributed by atoms with van der Waals surface area (Å²) in [7, 11) is 0. The zero-order valence-corrected chi connectivity index (χ0v) is 12.6. The van der Waals surface area contributed by atoms with E-state index in [-0.39, 0.29) is 0 Å². The second kappa shape index (κ2) is 6.75. The van der Waals surface area contributed by atoms with Crippen molar-refractivity contribution >= 4 is 0 Å². The van der Waals surface area contributed by atoms with Gasteiger partial charge < -0.3 is 5.32 Å². The van der Waals surface area contributed by atoms with Crippen molar-refractivity contribution in [1.82, 2.24) is 10.2 Å². The van der Waals surface area contributed by atoms with Gasteiger partial charge in [-0.1, -0.05) is 27.2 Å². The lowest BCUT2D eigenvalue weighted by Gasteiger charge is -2.42. The number of likely N-dealkylation sites (tertiary alicyclic amines) is 1. The van der Waals surface area contributed by atoms with E-state index in [0.717, 1.165) is 6.54 Å². The highest BCUT2D eigenvalue weighted by Gasteiger charge is 2.38. The van der Waals surface area contributed by atoms with Gasteiger partial charge in [-0.2, -0.15) is 0 Å². The molecule has 0 radical (unpaired) electrons. The molecule has 2 heteroatoms. The molecule has 1 aliphatic heterocycles. The molecular formula is C15H32N2. The second-order valence-electron chi connectivity index (χ2n) is 6.04. The number of nitrogens with zero attached hydrogens (tertiary/aromatic N) is 1. The summed E-state index contributed by atoms with van der Waals surface area (Å²) in [5.41, 5.74) is 0.405. The highest BCUT2D eigenvalue weighted by atomic mass is 15.3. The number of hydrogen-bond acceptors (Lipinski definition) is 2. The highest BCUT2D eigenvalue weighted by molar-refractivity contribution is 4.95. The van der Waals surface area contributed by atoms with Crippen molar-refractivity contribution < 1.29 is 0 Å². The number of nitrogens with one attached hydrogen (secondary N) is 1. The SMILES string of the molecule is CCCC(NCC)C(CC)N1CCCC1(C)C. The fourth-order valence-corrected chi connectivity index (χ4v) is 3.47. The summed E-state index contributed by atoms with van der Waals surface area (Å²) in [6, 6.07) is 1.39.